The molecule has 0 unspecified atom stereocenters. The van der Waals surface area contributed by atoms with E-state index in [9.17, 15) is 0 Å². The SMILES string of the molecule is CC(C)[Si](c1ccc(-c2ccc([Si](C(C)C)(C(C)C)C(C)C)cc2Cl)c(Cl)c1)(C(C)C)C(C)C. The molecule has 0 heterocycles. The molecule has 0 saturated heterocycles. The number of halogens is 2. The van der Waals surface area contributed by atoms with Crippen LogP contribution in [-0.2, 0) is 0 Å². The topological polar surface area (TPSA) is 0 Å². The third-order valence-electron chi connectivity index (χ3n) is 8.96. The zero-order valence-corrected chi connectivity index (χ0v) is 27.2. The highest BCUT2D eigenvalue weighted by Crippen LogP contribution is 2.44. The van der Waals surface area contributed by atoms with Gasteiger partial charge in [0.15, 0.2) is 0 Å². The third-order valence-corrected chi connectivity index (χ3v) is 23.7. The summed E-state index contributed by atoms with van der Waals surface area (Å²) in [5.41, 5.74) is 6.00. The maximum absolute atomic E-state index is 7.01. The van der Waals surface area contributed by atoms with Crippen LogP contribution in [0.15, 0.2) is 36.4 Å². The number of hydrogen-bond acceptors (Lipinski definition) is 0. The minimum absolute atomic E-state index is 0.651. The van der Waals surface area contributed by atoms with Gasteiger partial charge >= 0.3 is 0 Å². The maximum Gasteiger partial charge on any atom is 0.0943 e. The van der Waals surface area contributed by atoms with Crippen molar-refractivity contribution in [3.63, 3.8) is 0 Å². The summed E-state index contributed by atoms with van der Waals surface area (Å²) in [5, 5.41) is 4.59. The van der Waals surface area contributed by atoms with E-state index < -0.39 is 16.1 Å². The molecule has 0 aliphatic rings. The molecule has 0 aliphatic carbocycles. The summed E-state index contributed by atoms with van der Waals surface area (Å²) in [5.74, 6) is 0. The van der Waals surface area contributed by atoms with Crippen molar-refractivity contribution in [1.29, 1.82) is 0 Å². The average Bonchev–Trinajstić information content (AvgIpc) is 2.68. The molecule has 2 rings (SSSR count). The van der Waals surface area contributed by atoms with E-state index in [1.165, 1.54) is 10.4 Å². The Labute approximate surface area is 222 Å². The van der Waals surface area contributed by atoms with E-state index in [0.29, 0.717) is 33.2 Å². The van der Waals surface area contributed by atoms with Crippen LogP contribution < -0.4 is 10.4 Å². The maximum atomic E-state index is 7.01. The van der Waals surface area contributed by atoms with Crippen LogP contribution in [0, 0.1) is 0 Å². The molecular formula is C30H48Cl2Si2. The minimum atomic E-state index is -1.76. The van der Waals surface area contributed by atoms with Crippen molar-refractivity contribution < 1.29 is 0 Å². The van der Waals surface area contributed by atoms with Gasteiger partial charge in [-0.1, -0.05) is 141 Å². The first-order chi connectivity index (χ1) is 15.7. The zero-order chi connectivity index (χ0) is 26.2. The lowest BCUT2D eigenvalue weighted by molar-refractivity contribution is 0.835. The van der Waals surface area contributed by atoms with Crippen LogP contribution in [0.25, 0.3) is 11.1 Å². The third kappa shape index (κ3) is 4.86. The number of benzene rings is 2. The van der Waals surface area contributed by atoms with Crippen molar-refractivity contribution in [2.75, 3.05) is 0 Å². The van der Waals surface area contributed by atoms with Crippen LogP contribution in [0.1, 0.15) is 83.1 Å². The highest BCUT2D eigenvalue weighted by molar-refractivity contribution is 6.95. The van der Waals surface area contributed by atoms with Crippen molar-refractivity contribution in [3.8, 4) is 11.1 Å². The summed E-state index contributed by atoms with van der Waals surface area (Å²) in [6.07, 6.45) is 0. The van der Waals surface area contributed by atoms with Crippen molar-refractivity contribution in [2.45, 2.75) is 116 Å². The first-order valence-corrected chi connectivity index (χ1v) is 18.5. The number of rotatable bonds is 9. The van der Waals surface area contributed by atoms with E-state index in [0.717, 1.165) is 21.2 Å². The van der Waals surface area contributed by atoms with Crippen LogP contribution in [0.4, 0.5) is 0 Å². The van der Waals surface area contributed by atoms with Gasteiger partial charge in [0.05, 0.1) is 16.1 Å². The second kappa shape index (κ2) is 11.2. The Bertz CT molecular complexity index is 851. The minimum Gasteiger partial charge on any atom is -0.0837 e. The van der Waals surface area contributed by atoms with Gasteiger partial charge in [0, 0.05) is 21.2 Å². The molecule has 2 aromatic rings. The van der Waals surface area contributed by atoms with E-state index in [1.807, 2.05) is 0 Å². The molecule has 4 heteroatoms. The molecule has 0 atom stereocenters. The molecule has 0 fully saturated rings. The van der Waals surface area contributed by atoms with Gasteiger partial charge in [0.1, 0.15) is 0 Å². The zero-order valence-electron chi connectivity index (χ0n) is 23.7. The molecule has 0 nitrogen and oxygen atoms in total. The van der Waals surface area contributed by atoms with Crippen LogP contribution in [0.3, 0.4) is 0 Å². The normalized spacial score (nSPS) is 13.4. The van der Waals surface area contributed by atoms with Gasteiger partial charge in [0.25, 0.3) is 0 Å². The fraction of sp³-hybridized carbons (Fsp3) is 0.600. The number of hydrogen-bond donors (Lipinski definition) is 0. The molecule has 0 spiro atoms. The fourth-order valence-corrected chi connectivity index (χ4v) is 22.3. The summed E-state index contributed by atoms with van der Waals surface area (Å²) in [6, 6.07) is 13.7. The van der Waals surface area contributed by atoms with E-state index in [4.69, 9.17) is 23.2 Å². The highest BCUT2D eigenvalue weighted by Gasteiger charge is 2.45. The molecular weight excluding hydrogens is 487 g/mol. The van der Waals surface area contributed by atoms with Crippen LogP contribution in [0.2, 0.25) is 43.3 Å². The molecule has 0 bridgehead atoms. The second-order valence-corrected chi connectivity index (χ2v) is 24.8. The first kappa shape index (κ1) is 29.7. The van der Waals surface area contributed by atoms with Crippen LogP contribution >= 0.6 is 23.2 Å². The van der Waals surface area contributed by atoms with Gasteiger partial charge in [-0.15, -0.1) is 0 Å². The lowest BCUT2D eigenvalue weighted by Crippen LogP contribution is -2.55. The largest absolute Gasteiger partial charge is 0.0943 e. The van der Waals surface area contributed by atoms with Crippen molar-refractivity contribution in [1.82, 2.24) is 0 Å². The van der Waals surface area contributed by atoms with Gasteiger partial charge in [-0.2, -0.15) is 0 Å². The Kier molecular flexibility index (Phi) is 9.81. The average molecular weight is 536 g/mol. The molecule has 34 heavy (non-hydrogen) atoms. The molecule has 0 N–H and O–H groups in total. The van der Waals surface area contributed by atoms with Crippen molar-refractivity contribution in [2.24, 2.45) is 0 Å². The summed E-state index contributed by atoms with van der Waals surface area (Å²) >= 11 is 14.0. The van der Waals surface area contributed by atoms with E-state index in [2.05, 4.69) is 119 Å². The smallest absolute Gasteiger partial charge is 0.0837 e. The van der Waals surface area contributed by atoms with E-state index >= 15 is 0 Å². The van der Waals surface area contributed by atoms with E-state index in [-0.39, 0.29) is 0 Å². The quantitative estimate of drug-likeness (QED) is 0.280. The Morgan fingerprint density at radius 2 is 0.676 bits per heavy atom. The highest BCUT2D eigenvalue weighted by atomic mass is 35.5. The summed E-state index contributed by atoms with van der Waals surface area (Å²) in [4.78, 5) is 0. The molecule has 0 aromatic heterocycles. The predicted octanol–water partition coefficient (Wildman–Crippen LogP) is 10.4. The van der Waals surface area contributed by atoms with Crippen molar-refractivity contribution in [3.05, 3.63) is 46.4 Å². The summed E-state index contributed by atoms with van der Waals surface area (Å²) < 4.78 is 0. The molecule has 190 valence electrons. The van der Waals surface area contributed by atoms with Gasteiger partial charge < -0.3 is 0 Å². The summed E-state index contributed by atoms with van der Waals surface area (Å²) in [6.45, 7) is 28.8. The molecule has 0 amide bonds. The van der Waals surface area contributed by atoms with Crippen molar-refractivity contribution >= 4 is 49.7 Å². The molecule has 0 saturated carbocycles. The predicted molar refractivity (Wildman–Crippen MR) is 163 cm³/mol. The molecule has 0 aliphatic heterocycles. The monoisotopic (exact) mass is 534 g/mol. The Balaban J connectivity index is 2.65. The Hall–Kier alpha value is -0.546. The standard InChI is InChI=1S/C30H48Cl2Si2/c1-19(2)33(20(3)4,21(5)6)25-13-15-27(29(31)17-25)28-16-14-26(18-30(28)32)34(22(7)8,23(9)10)24(11)12/h13-24H,1-12H3. The molecule has 2 aromatic carbocycles. The fourth-order valence-electron chi connectivity index (χ4n) is 8.01. The first-order valence-electron chi connectivity index (χ1n) is 13.3. The second-order valence-electron chi connectivity index (χ2n) is 12.2. The lowest BCUT2D eigenvalue weighted by Gasteiger charge is -2.44. The van der Waals surface area contributed by atoms with Gasteiger partial charge in [-0.25, -0.2) is 0 Å². The van der Waals surface area contributed by atoms with Crippen LogP contribution in [0.5, 0.6) is 0 Å². The summed E-state index contributed by atoms with van der Waals surface area (Å²) in [7, 11) is -3.51. The van der Waals surface area contributed by atoms with Crippen LogP contribution in [-0.4, -0.2) is 16.1 Å². The Morgan fingerprint density at radius 1 is 0.441 bits per heavy atom. The Morgan fingerprint density at radius 3 is 0.853 bits per heavy atom. The van der Waals surface area contributed by atoms with E-state index in [1.54, 1.807) is 0 Å². The van der Waals surface area contributed by atoms with Gasteiger partial charge in [-0.05, 0) is 45.4 Å². The van der Waals surface area contributed by atoms with Gasteiger partial charge in [0.2, 0.25) is 0 Å². The molecule has 0 radical (unpaired) electrons. The van der Waals surface area contributed by atoms with Gasteiger partial charge in [-0.3, -0.25) is 0 Å². The lowest BCUT2D eigenvalue weighted by atomic mass is 10.1.